The minimum absolute atomic E-state index is 0.0777. The lowest BCUT2D eigenvalue weighted by atomic mass is 10.0. The number of carbonyl (C=O) groups excluding carboxylic acids is 1. The molecule has 4 heterocycles. The van der Waals surface area contributed by atoms with Crippen LogP contribution in [0.15, 0.2) is 48.9 Å². The van der Waals surface area contributed by atoms with E-state index in [4.69, 9.17) is 17.3 Å². The van der Waals surface area contributed by atoms with Gasteiger partial charge in [0.15, 0.2) is 0 Å². The number of pyridine rings is 1. The van der Waals surface area contributed by atoms with Gasteiger partial charge in [0, 0.05) is 48.5 Å². The van der Waals surface area contributed by atoms with Gasteiger partial charge in [-0.15, -0.1) is 0 Å². The van der Waals surface area contributed by atoms with Crippen molar-refractivity contribution in [2.75, 3.05) is 44.4 Å². The van der Waals surface area contributed by atoms with E-state index < -0.39 is 5.82 Å². The number of hydrogen-bond acceptors (Lipinski definition) is 7. The van der Waals surface area contributed by atoms with E-state index in [9.17, 15) is 9.18 Å². The van der Waals surface area contributed by atoms with Crippen molar-refractivity contribution >= 4 is 45.7 Å². The van der Waals surface area contributed by atoms with E-state index in [-0.39, 0.29) is 16.7 Å². The zero-order valence-corrected chi connectivity index (χ0v) is 21.2. The van der Waals surface area contributed by atoms with Crippen LogP contribution in [0, 0.1) is 5.82 Å². The molecule has 0 saturated carbocycles. The standard InChI is InChI=1S/C27H25ClFN7O/c1-34(2)18-12-35(13-18)27(37)20-8-17(11-31-25(20)30)15-3-4-23-19(7-15)26(33-14-32-23)36-6-5-16-9-22(29)21(28)10-24(16)36/h3-4,7-11,14,18H,5-6,12-13H2,1-2H3,(H2,30,31). The topological polar surface area (TPSA) is 91.5 Å². The molecule has 2 aromatic heterocycles. The van der Waals surface area contributed by atoms with Crippen molar-refractivity contribution in [3.63, 3.8) is 0 Å². The lowest BCUT2D eigenvalue weighted by Gasteiger charge is -2.42. The summed E-state index contributed by atoms with van der Waals surface area (Å²) in [6, 6.07) is 11.1. The first-order chi connectivity index (χ1) is 17.8. The molecule has 188 valence electrons. The predicted octanol–water partition coefficient (Wildman–Crippen LogP) is 4.15. The number of aromatic nitrogens is 3. The van der Waals surface area contributed by atoms with Crippen molar-refractivity contribution in [3.05, 3.63) is 70.9 Å². The molecule has 1 amide bonds. The molecule has 0 unspecified atom stereocenters. The van der Waals surface area contributed by atoms with Crippen LogP contribution in [0.1, 0.15) is 15.9 Å². The van der Waals surface area contributed by atoms with E-state index in [1.54, 1.807) is 23.2 Å². The monoisotopic (exact) mass is 517 g/mol. The van der Waals surface area contributed by atoms with E-state index in [0.717, 1.165) is 33.3 Å². The Morgan fingerprint density at radius 1 is 1.11 bits per heavy atom. The fraction of sp³-hybridized carbons (Fsp3) is 0.259. The molecule has 0 spiro atoms. The Kier molecular flexibility index (Phi) is 5.69. The molecular weight excluding hydrogens is 493 g/mol. The molecule has 10 heteroatoms. The molecule has 2 aromatic carbocycles. The van der Waals surface area contributed by atoms with E-state index in [1.807, 2.05) is 37.2 Å². The first kappa shape index (κ1) is 23.6. The number of fused-ring (bicyclic) bond motifs is 2. The fourth-order valence-corrected chi connectivity index (χ4v) is 5.12. The molecule has 37 heavy (non-hydrogen) atoms. The Hall–Kier alpha value is -3.82. The van der Waals surface area contributed by atoms with Gasteiger partial charge < -0.3 is 20.4 Å². The first-order valence-corrected chi connectivity index (χ1v) is 12.4. The van der Waals surface area contributed by atoms with Gasteiger partial charge in [0.1, 0.15) is 23.8 Å². The van der Waals surface area contributed by atoms with Crippen LogP contribution < -0.4 is 10.6 Å². The van der Waals surface area contributed by atoms with Crippen LogP contribution in [0.4, 0.5) is 21.7 Å². The highest BCUT2D eigenvalue weighted by atomic mass is 35.5. The van der Waals surface area contributed by atoms with Gasteiger partial charge in [-0.25, -0.2) is 19.3 Å². The maximum Gasteiger partial charge on any atom is 0.257 e. The minimum atomic E-state index is -0.422. The molecule has 1 fully saturated rings. The molecule has 0 bridgehead atoms. The van der Waals surface area contributed by atoms with Crippen molar-refractivity contribution < 1.29 is 9.18 Å². The number of anilines is 3. The third-order valence-electron chi connectivity index (χ3n) is 7.25. The molecule has 0 radical (unpaired) electrons. The van der Waals surface area contributed by atoms with Crippen LogP contribution in [0.25, 0.3) is 22.0 Å². The van der Waals surface area contributed by atoms with Crippen LogP contribution in [0.5, 0.6) is 0 Å². The second-order valence-electron chi connectivity index (χ2n) is 9.71. The molecule has 8 nitrogen and oxygen atoms in total. The number of carbonyl (C=O) groups is 1. The Morgan fingerprint density at radius 3 is 2.70 bits per heavy atom. The Morgan fingerprint density at radius 2 is 1.92 bits per heavy atom. The number of benzene rings is 2. The molecule has 1 saturated heterocycles. The Labute approximate surface area is 218 Å². The van der Waals surface area contributed by atoms with Crippen LogP contribution in [-0.2, 0) is 6.42 Å². The van der Waals surface area contributed by atoms with Gasteiger partial charge in [-0.3, -0.25) is 4.79 Å². The van der Waals surface area contributed by atoms with E-state index >= 15 is 0 Å². The molecule has 0 atom stereocenters. The minimum Gasteiger partial charge on any atom is -0.383 e. The van der Waals surface area contributed by atoms with Gasteiger partial charge in [0.25, 0.3) is 5.91 Å². The van der Waals surface area contributed by atoms with E-state index in [2.05, 4.69) is 19.9 Å². The summed E-state index contributed by atoms with van der Waals surface area (Å²) < 4.78 is 14.0. The number of likely N-dealkylation sites (N-methyl/N-ethyl adjacent to an activating group) is 1. The quantitative estimate of drug-likeness (QED) is 0.435. The maximum atomic E-state index is 14.0. The fourth-order valence-electron chi connectivity index (χ4n) is 4.96. The number of nitrogens with zero attached hydrogens (tertiary/aromatic N) is 6. The summed E-state index contributed by atoms with van der Waals surface area (Å²) in [5.74, 6) is 0.384. The number of nitrogens with two attached hydrogens (primary N) is 1. The summed E-state index contributed by atoms with van der Waals surface area (Å²) >= 11 is 6.10. The number of nitrogen functional groups attached to an aromatic ring is 1. The highest BCUT2D eigenvalue weighted by Crippen LogP contribution is 2.39. The third-order valence-corrected chi connectivity index (χ3v) is 7.54. The summed E-state index contributed by atoms with van der Waals surface area (Å²) in [4.78, 5) is 32.4. The average molecular weight is 518 g/mol. The lowest BCUT2D eigenvalue weighted by molar-refractivity contribution is 0.0400. The van der Waals surface area contributed by atoms with Crippen LogP contribution >= 0.6 is 11.6 Å². The molecule has 4 aromatic rings. The summed E-state index contributed by atoms with van der Waals surface area (Å²) in [5.41, 5.74) is 10.6. The molecule has 6 rings (SSSR count). The molecule has 0 aliphatic carbocycles. The molecule has 2 aliphatic rings. The van der Waals surface area contributed by atoms with Crippen molar-refractivity contribution in [1.29, 1.82) is 0 Å². The summed E-state index contributed by atoms with van der Waals surface area (Å²) in [6.07, 6.45) is 3.88. The van der Waals surface area contributed by atoms with Crippen molar-refractivity contribution in [2.24, 2.45) is 0 Å². The predicted molar refractivity (Wildman–Crippen MR) is 143 cm³/mol. The first-order valence-electron chi connectivity index (χ1n) is 12.0. The van der Waals surface area contributed by atoms with Gasteiger partial charge >= 0.3 is 0 Å². The van der Waals surface area contributed by atoms with Gasteiger partial charge in [-0.1, -0.05) is 17.7 Å². The van der Waals surface area contributed by atoms with Crippen LogP contribution in [0.2, 0.25) is 5.02 Å². The Bertz CT molecular complexity index is 1550. The van der Waals surface area contributed by atoms with Gasteiger partial charge in [0.2, 0.25) is 0 Å². The lowest BCUT2D eigenvalue weighted by Crippen LogP contribution is -2.59. The van der Waals surface area contributed by atoms with Crippen LogP contribution in [0.3, 0.4) is 0 Å². The second kappa shape index (κ2) is 8.93. The zero-order valence-electron chi connectivity index (χ0n) is 20.4. The number of hydrogen-bond donors (Lipinski definition) is 1. The smallest absolute Gasteiger partial charge is 0.257 e. The molecular formula is C27H25ClFN7O. The largest absolute Gasteiger partial charge is 0.383 e. The average Bonchev–Trinajstić information content (AvgIpc) is 3.24. The van der Waals surface area contributed by atoms with Gasteiger partial charge in [-0.05, 0) is 62.0 Å². The summed E-state index contributed by atoms with van der Waals surface area (Å²) in [6.45, 7) is 1.98. The second-order valence-corrected chi connectivity index (χ2v) is 10.1. The summed E-state index contributed by atoms with van der Waals surface area (Å²) in [5, 5.41) is 0.906. The van der Waals surface area contributed by atoms with Crippen molar-refractivity contribution in [1.82, 2.24) is 24.8 Å². The highest BCUT2D eigenvalue weighted by Gasteiger charge is 2.33. The maximum absolute atomic E-state index is 14.0. The number of halogens is 2. The summed E-state index contributed by atoms with van der Waals surface area (Å²) in [7, 11) is 4.02. The van der Waals surface area contributed by atoms with Crippen molar-refractivity contribution in [3.8, 4) is 11.1 Å². The van der Waals surface area contributed by atoms with Gasteiger partial charge in [0.05, 0.1) is 16.1 Å². The number of amides is 1. The van der Waals surface area contributed by atoms with Crippen molar-refractivity contribution in [2.45, 2.75) is 12.5 Å². The number of likely N-dealkylation sites (tertiary alicyclic amines) is 1. The Balaban J connectivity index is 1.37. The highest BCUT2D eigenvalue weighted by molar-refractivity contribution is 6.31. The molecule has 2 N–H and O–H groups in total. The van der Waals surface area contributed by atoms with Crippen LogP contribution in [-0.4, -0.2) is 70.4 Å². The molecule has 2 aliphatic heterocycles. The zero-order chi connectivity index (χ0) is 25.8. The third kappa shape index (κ3) is 4.04. The van der Waals surface area contributed by atoms with E-state index in [0.29, 0.717) is 43.5 Å². The normalized spacial score (nSPS) is 15.4. The van der Waals surface area contributed by atoms with E-state index in [1.165, 1.54) is 12.4 Å². The SMILES string of the molecule is CN(C)C1CN(C(=O)c2cc(-c3ccc4ncnc(N5CCc6cc(F)c(Cl)cc65)c4c3)cnc2N)C1. The van der Waals surface area contributed by atoms with Gasteiger partial charge in [-0.2, -0.15) is 0 Å². The number of rotatable bonds is 4.